The largest absolute Gasteiger partial charge is 0.392 e. The van der Waals surface area contributed by atoms with E-state index in [2.05, 4.69) is 41.6 Å². The van der Waals surface area contributed by atoms with Crippen LogP contribution in [-0.4, -0.2) is 24.2 Å². The molecular formula is C18H24FN3OS. The first-order valence-corrected chi connectivity index (χ1v) is 8.74. The Morgan fingerprint density at radius 3 is 2.75 bits per heavy atom. The van der Waals surface area contributed by atoms with Gasteiger partial charge in [-0.2, -0.15) is 0 Å². The second-order valence-corrected chi connectivity index (χ2v) is 7.14. The van der Waals surface area contributed by atoms with Crippen LogP contribution in [0.2, 0.25) is 0 Å². The van der Waals surface area contributed by atoms with Gasteiger partial charge in [0.05, 0.1) is 6.61 Å². The van der Waals surface area contributed by atoms with Crippen molar-refractivity contribution in [3.8, 4) is 0 Å². The number of guanidine groups is 1. The standard InChI is InChI=1S/C18H24FN3OS/c1-12(8-16-6-4-13(2)24-16)22-18(20-3)21-10-14-5-7-17(19)15(9-14)11-23/h4-7,9,12,23H,8,10-11H2,1-3H3,(H2,20,21,22). The van der Waals surface area contributed by atoms with Gasteiger partial charge in [-0.05, 0) is 43.7 Å². The lowest BCUT2D eigenvalue weighted by atomic mass is 10.1. The number of nitrogens with zero attached hydrogens (tertiary/aromatic N) is 1. The molecule has 6 heteroatoms. The Morgan fingerprint density at radius 2 is 2.12 bits per heavy atom. The van der Waals surface area contributed by atoms with E-state index in [0.29, 0.717) is 18.1 Å². The zero-order valence-electron chi connectivity index (χ0n) is 14.3. The van der Waals surface area contributed by atoms with E-state index in [1.807, 2.05) is 0 Å². The van der Waals surface area contributed by atoms with E-state index >= 15 is 0 Å². The number of hydrogen-bond donors (Lipinski definition) is 3. The highest BCUT2D eigenvalue weighted by atomic mass is 32.1. The van der Waals surface area contributed by atoms with Crippen LogP contribution in [0.1, 0.15) is 27.8 Å². The summed E-state index contributed by atoms with van der Waals surface area (Å²) in [5.41, 5.74) is 1.20. The number of aliphatic hydroxyl groups excluding tert-OH is 1. The Morgan fingerprint density at radius 1 is 1.33 bits per heavy atom. The Kier molecular flexibility index (Phi) is 6.75. The third-order valence-electron chi connectivity index (χ3n) is 3.65. The predicted octanol–water partition coefficient (Wildman–Crippen LogP) is 2.98. The molecule has 1 aromatic carbocycles. The van der Waals surface area contributed by atoms with Gasteiger partial charge in [-0.25, -0.2) is 4.39 Å². The monoisotopic (exact) mass is 349 g/mol. The number of halogens is 1. The van der Waals surface area contributed by atoms with E-state index in [1.54, 1.807) is 30.5 Å². The van der Waals surface area contributed by atoms with E-state index in [-0.39, 0.29) is 18.5 Å². The number of rotatable bonds is 6. The summed E-state index contributed by atoms with van der Waals surface area (Å²) in [6.45, 7) is 4.43. The predicted molar refractivity (Wildman–Crippen MR) is 97.9 cm³/mol. The highest BCUT2D eigenvalue weighted by Crippen LogP contribution is 2.16. The first-order chi connectivity index (χ1) is 11.5. The number of aliphatic imine (C=N–C) groups is 1. The number of aryl methyl sites for hydroxylation is 1. The summed E-state index contributed by atoms with van der Waals surface area (Å²) >= 11 is 1.81. The quantitative estimate of drug-likeness (QED) is 0.555. The van der Waals surface area contributed by atoms with Crippen molar-refractivity contribution < 1.29 is 9.50 Å². The van der Waals surface area contributed by atoms with Crippen LogP contribution in [-0.2, 0) is 19.6 Å². The molecule has 3 N–H and O–H groups in total. The molecule has 0 spiro atoms. The van der Waals surface area contributed by atoms with Gasteiger partial charge in [0.2, 0.25) is 0 Å². The van der Waals surface area contributed by atoms with Crippen LogP contribution < -0.4 is 10.6 Å². The van der Waals surface area contributed by atoms with E-state index in [1.165, 1.54) is 15.8 Å². The van der Waals surface area contributed by atoms with Crippen molar-refractivity contribution >= 4 is 17.3 Å². The van der Waals surface area contributed by atoms with Crippen LogP contribution in [0.5, 0.6) is 0 Å². The minimum Gasteiger partial charge on any atom is -0.392 e. The molecule has 1 aromatic heterocycles. The first kappa shape index (κ1) is 18.4. The molecule has 0 aliphatic carbocycles. The Bertz CT molecular complexity index is 699. The van der Waals surface area contributed by atoms with Crippen molar-refractivity contribution in [1.29, 1.82) is 0 Å². The van der Waals surface area contributed by atoms with Crippen molar-refractivity contribution in [3.05, 3.63) is 57.0 Å². The van der Waals surface area contributed by atoms with Crippen LogP contribution in [0.25, 0.3) is 0 Å². The molecule has 2 rings (SSSR count). The molecule has 0 fully saturated rings. The van der Waals surface area contributed by atoms with Gasteiger partial charge < -0.3 is 15.7 Å². The number of hydrogen-bond acceptors (Lipinski definition) is 3. The summed E-state index contributed by atoms with van der Waals surface area (Å²) in [5.74, 6) is 0.314. The lowest BCUT2D eigenvalue weighted by Crippen LogP contribution is -2.42. The normalized spacial score (nSPS) is 13.0. The van der Waals surface area contributed by atoms with E-state index in [0.717, 1.165) is 12.0 Å². The molecule has 0 amide bonds. The number of nitrogens with one attached hydrogen (secondary N) is 2. The van der Waals surface area contributed by atoms with Crippen LogP contribution in [0.15, 0.2) is 35.3 Å². The highest BCUT2D eigenvalue weighted by Gasteiger charge is 2.08. The minimum absolute atomic E-state index is 0.246. The third kappa shape index (κ3) is 5.32. The van der Waals surface area contributed by atoms with Gasteiger partial charge in [0, 0.05) is 41.4 Å². The van der Waals surface area contributed by atoms with Crippen molar-refractivity contribution in [2.24, 2.45) is 4.99 Å². The van der Waals surface area contributed by atoms with Crippen LogP contribution in [0.3, 0.4) is 0 Å². The van der Waals surface area contributed by atoms with E-state index < -0.39 is 0 Å². The lowest BCUT2D eigenvalue weighted by Gasteiger charge is -2.17. The lowest BCUT2D eigenvalue weighted by molar-refractivity contribution is 0.275. The zero-order chi connectivity index (χ0) is 17.5. The molecule has 1 heterocycles. The molecule has 4 nitrogen and oxygen atoms in total. The third-order valence-corrected chi connectivity index (χ3v) is 4.67. The van der Waals surface area contributed by atoms with Crippen molar-refractivity contribution in [1.82, 2.24) is 10.6 Å². The average molecular weight is 349 g/mol. The van der Waals surface area contributed by atoms with Gasteiger partial charge in [0.15, 0.2) is 5.96 Å². The second-order valence-electron chi connectivity index (χ2n) is 5.77. The molecule has 2 aromatic rings. The zero-order valence-corrected chi connectivity index (χ0v) is 15.1. The molecule has 24 heavy (non-hydrogen) atoms. The maximum Gasteiger partial charge on any atom is 0.191 e. The molecule has 0 aliphatic heterocycles. The summed E-state index contributed by atoms with van der Waals surface area (Å²) < 4.78 is 13.4. The summed E-state index contributed by atoms with van der Waals surface area (Å²) in [4.78, 5) is 6.88. The van der Waals surface area contributed by atoms with Gasteiger partial charge in [-0.1, -0.05) is 6.07 Å². The summed E-state index contributed by atoms with van der Waals surface area (Å²) in [7, 11) is 1.72. The SMILES string of the molecule is CN=C(NCc1ccc(F)c(CO)c1)NC(C)Cc1ccc(C)s1. The Hall–Kier alpha value is -1.92. The molecule has 1 unspecified atom stereocenters. The van der Waals surface area contributed by atoms with Gasteiger partial charge in [0.1, 0.15) is 5.82 Å². The van der Waals surface area contributed by atoms with Gasteiger partial charge in [0.25, 0.3) is 0 Å². The van der Waals surface area contributed by atoms with E-state index in [9.17, 15) is 4.39 Å². The van der Waals surface area contributed by atoms with Crippen LogP contribution >= 0.6 is 11.3 Å². The number of benzene rings is 1. The highest BCUT2D eigenvalue weighted by molar-refractivity contribution is 7.11. The van der Waals surface area contributed by atoms with Gasteiger partial charge in [-0.3, -0.25) is 4.99 Å². The fourth-order valence-corrected chi connectivity index (χ4v) is 3.44. The Balaban J connectivity index is 1.88. The van der Waals surface area contributed by atoms with Crippen LogP contribution in [0.4, 0.5) is 4.39 Å². The first-order valence-electron chi connectivity index (χ1n) is 7.92. The van der Waals surface area contributed by atoms with E-state index in [4.69, 9.17) is 5.11 Å². The molecular weight excluding hydrogens is 325 g/mol. The van der Waals surface area contributed by atoms with Crippen molar-refractivity contribution in [2.45, 2.75) is 39.5 Å². The molecule has 0 saturated carbocycles. The molecule has 130 valence electrons. The second kappa shape index (κ2) is 8.80. The van der Waals surface area contributed by atoms with Crippen molar-refractivity contribution in [3.63, 3.8) is 0 Å². The summed E-state index contributed by atoms with van der Waals surface area (Å²) in [6.07, 6.45) is 0.935. The summed E-state index contributed by atoms with van der Waals surface area (Å²) in [6, 6.07) is 9.27. The fourth-order valence-electron chi connectivity index (χ4n) is 2.42. The van der Waals surface area contributed by atoms with Crippen molar-refractivity contribution in [2.75, 3.05) is 7.05 Å². The molecule has 1 atom stereocenters. The topological polar surface area (TPSA) is 56.7 Å². The number of aliphatic hydroxyl groups is 1. The van der Waals surface area contributed by atoms with Gasteiger partial charge >= 0.3 is 0 Å². The van der Waals surface area contributed by atoms with Crippen LogP contribution in [0, 0.1) is 12.7 Å². The maximum atomic E-state index is 13.4. The number of thiophene rings is 1. The smallest absolute Gasteiger partial charge is 0.191 e. The molecule has 0 aliphatic rings. The molecule has 0 saturated heterocycles. The molecule has 0 bridgehead atoms. The average Bonchev–Trinajstić information content (AvgIpc) is 2.97. The molecule has 0 radical (unpaired) electrons. The minimum atomic E-state index is -0.386. The van der Waals surface area contributed by atoms with Gasteiger partial charge in [-0.15, -0.1) is 11.3 Å². The summed E-state index contributed by atoms with van der Waals surface area (Å²) in [5, 5.41) is 15.7. The fraction of sp³-hybridized carbons (Fsp3) is 0.389. The Labute approximate surface area is 146 Å². The maximum absolute atomic E-state index is 13.4.